The number of benzene rings is 2. The molecule has 0 saturated carbocycles. The van der Waals surface area contributed by atoms with E-state index in [1.807, 2.05) is 54.6 Å². The van der Waals surface area contributed by atoms with E-state index in [1.165, 1.54) is 0 Å². The number of carbonyl (C=O) groups excluding carboxylic acids is 1. The van der Waals surface area contributed by atoms with Gasteiger partial charge in [-0.3, -0.25) is 4.79 Å². The Kier molecular flexibility index (Phi) is 4.79. The van der Waals surface area contributed by atoms with E-state index < -0.39 is 12.0 Å². The maximum Gasteiger partial charge on any atom is 0.326 e. The molecule has 1 amide bonds. The lowest BCUT2D eigenvalue weighted by molar-refractivity contribution is -0.142. The molecule has 5 nitrogen and oxygen atoms in total. The minimum absolute atomic E-state index is 0.256. The van der Waals surface area contributed by atoms with Crippen LogP contribution in [0.2, 0.25) is 0 Å². The Balaban J connectivity index is 1.65. The second-order valence-electron chi connectivity index (χ2n) is 5.91. The first-order valence-electron chi connectivity index (χ1n) is 7.91. The lowest BCUT2D eigenvalue weighted by atomic mass is 9.95. The molecule has 2 aromatic carbocycles. The van der Waals surface area contributed by atoms with Crippen LogP contribution in [-0.2, 0) is 22.4 Å². The van der Waals surface area contributed by atoms with Gasteiger partial charge in [0.25, 0.3) is 0 Å². The zero-order valence-electron chi connectivity index (χ0n) is 13.1. The fourth-order valence-corrected chi connectivity index (χ4v) is 2.84. The van der Waals surface area contributed by atoms with Crippen LogP contribution < -0.4 is 10.1 Å². The molecular formula is C19H19NO4. The first-order valence-corrected chi connectivity index (χ1v) is 7.91. The van der Waals surface area contributed by atoms with Gasteiger partial charge < -0.3 is 15.2 Å². The van der Waals surface area contributed by atoms with Gasteiger partial charge in [0.2, 0.25) is 5.91 Å². The lowest BCUT2D eigenvalue weighted by Crippen LogP contribution is -2.47. The summed E-state index contributed by atoms with van der Waals surface area (Å²) in [6.45, 7) is 0.264. The number of fused-ring (bicyclic) bond motifs is 1. The SMILES string of the molecule is O=C(N[C@H](Cc1ccccc1)C(=O)O)C1COc2ccccc2C1. The third-order valence-electron chi connectivity index (χ3n) is 4.15. The lowest BCUT2D eigenvalue weighted by Gasteiger charge is -2.26. The largest absolute Gasteiger partial charge is 0.492 e. The van der Waals surface area contributed by atoms with Crippen LogP contribution in [-0.4, -0.2) is 29.6 Å². The van der Waals surface area contributed by atoms with E-state index in [0.29, 0.717) is 6.42 Å². The average Bonchev–Trinajstić information content (AvgIpc) is 2.61. The van der Waals surface area contributed by atoms with Crippen molar-refractivity contribution in [1.82, 2.24) is 5.32 Å². The molecule has 24 heavy (non-hydrogen) atoms. The van der Waals surface area contributed by atoms with Gasteiger partial charge in [0.15, 0.2) is 0 Å². The van der Waals surface area contributed by atoms with Crippen LogP contribution in [0.1, 0.15) is 11.1 Å². The molecule has 2 aromatic rings. The molecule has 1 aliphatic heterocycles. The Hall–Kier alpha value is -2.82. The quantitative estimate of drug-likeness (QED) is 0.882. The fourth-order valence-electron chi connectivity index (χ4n) is 2.84. The molecule has 5 heteroatoms. The minimum atomic E-state index is -1.04. The molecule has 1 unspecified atom stereocenters. The van der Waals surface area contributed by atoms with Crippen molar-refractivity contribution in [2.24, 2.45) is 5.92 Å². The van der Waals surface area contributed by atoms with Gasteiger partial charge in [0, 0.05) is 6.42 Å². The van der Waals surface area contributed by atoms with Gasteiger partial charge in [0.05, 0.1) is 5.92 Å². The minimum Gasteiger partial charge on any atom is -0.492 e. The molecule has 0 saturated heterocycles. The third-order valence-corrected chi connectivity index (χ3v) is 4.15. The Morgan fingerprint density at radius 1 is 1.12 bits per heavy atom. The zero-order chi connectivity index (χ0) is 16.9. The Labute approximate surface area is 140 Å². The first kappa shape index (κ1) is 16.1. The van der Waals surface area contributed by atoms with E-state index in [2.05, 4.69) is 5.32 Å². The molecule has 2 atom stereocenters. The monoisotopic (exact) mass is 325 g/mol. The second-order valence-corrected chi connectivity index (χ2v) is 5.91. The number of amides is 1. The van der Waals surface area contributed by atoms with Gasteiger partial charge in [0.1, 0.15) is 18.4 Å². The molecule has 0 aromatic heterocycles. The molecule has 2 N–H and O–H groups in total. The second kappa shape index (κ2) is 7.17. The van der Waals surface area contributed by atoms with Crippen molar-refractivity contribution in [3.63, 3.8) is 0 Å². The Morgan fingerprint density at radius 3 is 2.58 bits per heavy atom. The smallest absolute Gasteiger partial charge is 0.326 e. The van der Waals surface area contributed by atoms with E-state index in [1.54, 1.807) is 0 Å². The number of carboxylic acid groups (broad SMARTS) is 1. The first-order chi connectivity index (χ1) is 11.6. The third kappa shape index (κ3) is 3.74. The molecule has 0 radical (unpaired) electrons. The van der Waals surface area contributed by atoms with Crippen molar-refractivity contribution in [2.75, 3.05) is 6.61 Å². The molecule has 1 heterocycles. The molecular weight excluding hydrogens is 306 g/mol. The van der Waals surface area contributed by atoms with Crippen molar-refractivity contribution in [1.29, 1.82) is 0 Å². The summed E-state index contributed by atoms with van der Waals surface area (Å²) in [4.78, 5) is 23.9. The van der Waals surface area contributed by atoms with Gasteiger partial charge in [-0.25, -0.2) is 4.79 Å². The topological polar surface area (TPSA) is 75.6 Å². The maximum absolute atomic E-state index is 12.5. The van der Waals surface area contributed by atoms with Crippen LogP contribution in [0.4, 0.5) is 0 Å². The summed E-state index contributed by atoms with van der Waals surface area (Å²) in [6.07, 6.45) is 0.811. The Bertz CT molecular complexity index is 729. The molecule has 0 fully saturated rings. The van der Waals surface area contributed by atoms with Crippen LogP contribution in [0.15, 0.2) is 54.6 Å². The van der Waals surface area contributed by atoms with Gasteiger partial charge in [-0.1, -0.05) is 48.5 Å². The average molecular weight is 325 g/mol. The number of hydrogen-bond donors (Lipinski definition) is 2. The highest BCUT2D eigenvalue weighted by Crippen LogP contribution is 2.26. The highest BCUT2D eigenvalue weighted by molar-refractivity contribution is 5.85. The number of ether oxygens (including phenoxy) is 1. The number of carboxylic acids is 1. The number of para-hydroxylation sites is 1. The Morgan fingerprint density at radius 2 is 1.83 bits per heavy atom. The zero-order valence-corrected chi connectivity index (χ0v) is 13.1. The summed E-state index contributed by atoms with van der Waals surface area (Å²) in [6, 6.07) is 15.9. The number of nitrogens with one attached hydrogen (secondary N) is 1. The van der Waals surface area contributed by atoms with Gasteiger partial charge in [-0.2, -0.15) is 0 Å². The maximum atomic E-state index is 12.5. The molecule has 1 aliphatic rings. The molecule has 124 valence electrons. The molecule has 3 rings (SSSR count). The van der Waals surface area contributed by atoms with E-state index in [9.17, 15) is 14.7 Å². The summed E-state index contributed by atoms with van der Waals surface area (Å²) in [5, 5.41) is 12.0. The van der Waals surface area contributed by atoms with Crippen LogP contribution >= 0.6 is 0 Å². The van der Waals surface area contributed by atoms with Crippen LogP contribution in [0.5, 0.6) is 5.75 Å². The van der Waals surface area contributed by atoms with Crippen LogP contribution in [0.25, 0.3) is 0 Å². The van der Waals surface area contributed by atoms with Gasteiger partial charge in [-0.15, -0.1) is 0 Å². The number of hydrogen-bond acceptors (Lipinski definition) is 3. The summed E-state index contributed by atoms with van der Waals surface area (Å²) in [5.74, 6) is -0.907. The van der Waals surface area contributed by atoms with E-state index in [4.69, 9.17) is 4.74 Å². The molecule has 0 spiro atoms. The summed E-state index contributed by atoms with van der Waals surface area (Å²) in [5.41, 5.74) is 1.84. The van der Waals surface area contributed by atoms with Gasteiger partial charge in [-0.05, 0) is 23.6 Å². The number of rotatable bonds is 5. The summed E-state index contributed by atoms with van der Waals surface area (Å²) < 4.78 is 5.61. The normalized spacial score (nSPS) is 17.2. The molecule has 0 bridgehead atoms. The van der Waals surface area contributed by atoms with Gasteiger partial charge >= 0.3 is 5.97 Å². The van der Waals surface area contributed by atoms with Crippen molar-refractivity contribution >= 4 is 11.9 Å². The highest BCUT2D eigenvalue weighted by atomic mass is 16.5. The van der Waals surface area contributed by atoms with Crippen molar-refractivity contribution in [3.05, 3.63) is 65.7 Å². The van der Waals surface area contributed by atoms with E-state index >= 15 is 0 Å². The fraction of sp³-hybridized carbons (Fsp3) is 0.263. The van der Waals surface area contributed by atoms with E-state index in [0.717, 1.165) is 16.9 Å². The summed E-state index contributed by atoms with van der Waals surface area (Å²) in [7, 11) is 0. The molecule has 0 aliphatic carbocycles. The predicted octanol–water partition coefficient (Wildman–Crippen LogP) is 2.05. The van der Waals surface area contributed by atoms with Crippen molar-refractivity contribution < 1.29 is 19.4 Å². The summed E-state index contributed by atoms with van der Waals surface area (Å²) >= 11 is 0. The number of aliphatic carboxylic acids is 1. The highest BCUT2D eigenvalue weighted by Gasteiger charge is 2.29. The van der Waals surface area contributed by atoms with E-state index in [-0.39, 0.29) is 24.9 Å². The number of carbonyl (C=O) groups is 2. The van der Waals surface area contributed by atoms with Crippen molar-refractivity contribution in [3.8, 4) is 5.75 Å². The van der Waals surface area contributed by atoms with Crippen LogP contribution in [0, 0.1) is 5.92 Å². The predicted molar refractivity (Wildman–Crippen MR) is 88.8 cm³/mol. The standard InChI is InChI=1S/C19H19NO4/c21-18(15-11-14-8-4-5-9-17(14)24-12-15)20-16(19(22)23)10-13-6-2-1-3-7-13/h1-9,15-16H,10-12H2,(H,20,21)(H,22,23)/t15?,16-/m1/s1. The van der Waals surface area contributed by atoms with Crippen LogP contribution in [0.3, 0.4) is 0 Å². The van der Waals surface area contributed by atoms with Crippen molar-refractivity contribution in [2.45, 2.75) is 18.9 Å².